The van der Waals surface area contributed by atoms with Gasteiger partial charge in [-0.1, -0.05) is 45.9 Å². The van der Waals surface area contributed by atoms with Crippen LogP contribution in [0.3, 0.4) is 0 Å². The topological polar surface area (TPSA) is 99.9 Å². The maximum atomic E-state index is 13.6. The number of ether oxygens (including phenoxy) is 2. The number of aliphatic hydroxyl groups excluding tert-OH is 1. The number of Topliss-reactive ketones (excluding diaryl/α,β-unsaturated/α-hetero) is 1. The van der Waals surface area contributed by atoms with Crippen molar-refractivity contribution in [2.24, 2.45) is 0 Å². The molecular weight excluding hydrogens is 492 g/mol. The predicted molar refractivity (Wildman–Crippen MR) is 150 cm³/mol. The Bertz CT molecular complexity index is 1480. The number of carbonyl (C=O) groups is 2. The van der Waals surface area contributed by atoms with Crippen LogP contribution in [0.25, 0.3) is 5.76 Å². The molecule has 1 atom stereocenters. The van der Waals surface area contributed by atoms with E-state index < -0.39 is 17.7 Å². The first-order chi connectivity index (χ1) is 18.6. The lowest BCUT2D eigenvalue weighted by atomic mass is 9.85. The largest absolute Gasteiger partial charge is 0.507 e. The maximum Gasteiger partial charge on any atom is 0.300 e. The number of carbonyl (C=O) groups excluding carboxylic acids is 2. The highest BCUT2D eigenvalue weighted by atomic mass is 16.5. The van der Waals surface area contributed by atoms with Crippen molar-refractivity contribution < 1.29 is 24.2 Å². The van der Waals surface area contributed by atoms with E-state index >= 15 is 0 Å². The number of hydrogen-bond acceptors (Lipinski definition) is 6. The van der Waals surface area contributed by atoms with Gasteiger partial charge in [0.15, 0.2) is 0 Å². The summed E-state index contributed by atoms with van der Waals surface area (Å²) in [6.07, 6.45) is 0.817. The number of nitriles is 1. The van der Waals surface area contributed by atoms with E-state index in [1.54, 1.807) is 54.6 Å². The summed E-state index contributed by atoms with van der Waals surface area (Å²) in [6.45, 7) is 8.65. The Balaban J connectivity index is 1.97. The highest BCUT2D eigenvalue weighted by Crippen LogP contribution is 2.44. The van der Waals surface area contributed by atoms with Crippen molar-refractivity contribution in [2.75, 3.05) is 18.6 Å². The third-order valence-electron chi connectivity index (χ3n) is 6.69. The van der Waals surface area contributed by atoms with Crippen molar-refractivity contribution in [2.45, 2.75) is 45.6 Å². The molecule has 0 spiro atoms. The van der Waals surface area contributed by atoms with Crippen LogP contribution in [0.1, 0.15) is 62.4 Å². The first kappa shape index (κ1) is 27.5. The summed E-state index contributed by atoms with van der Waals surface area (Å²) in [6, 6.07) is 20.2. The van der Waals surface area contributed by atoms with E-state index in [1.807, 2.05) is 39.8 Å². The lowest BCUT2D eigenvalue weighted by molar-refractivity contribution is -0.132. The molecule has 4 rings (SSSR count). The minimum Gasteiger partial charge on any atom is -0.507 e. The van der Waals surface area contributed by atoms with E-state index in [0.29, 0.717) is 40.5 Å². The van der Waals surface area contributed by atoms with E-state index in [4.69, 9.17) is 9.47 Å². The van der Waals surface area contributed by atoms with Gasteiger partial charge in [0.25, 0.3) is 11.7 Å². The van der Waals surface area contributed by atoms with Crippen molar-refractivity contribution in [3.63, 3.8) is 0 Å². The van der Waals surface area contributed by atoms with E-state index in [0.717, 1.165) is 12.0 Å². The fraction of sp³-hybridized carbons (Fsp3) is 0.281. The molecular formula is C32H32N2O5. The quantitative estimate of drug-likeness (QED) is 0.222. The van der Waals surface area contributed by atoms with Gasteiger partial charge in [-0.05, 0) is 71.5 Å². The van der Waals surface area contributed by atoms with Crippen LogP contribution >= 0.6 is 0 Å². The van der Waals surface area contributed by atoms with Gasteiger partial charge in [0.2, 0.25) is 0 Å². The molecule has 39 heavy (non-hydrogen) atoms. The number of benzene rings is 3. The number of aliphatic hydroxyl groups is 1. The zero-order valence-corrected chi connectivity index (χ0v) is 22.8. The van der Waals surface area contributed by atoms with E-state index in [2.05, 4.69) is 6.07 Å². The summed E-state index contributed by atoms with van der Waals surface area (Å²) in [4.78, 5) is 28.5. The second-order valence-corrected chi connectivity index (χ2v) is 10.4. The number of nitrogens with zero attached hydrogens (tertiary/aromatic N) is 2. The van der Waals surface area contributed by atoms with Gasteiger partial charge in [-0.2, -0.15) is 5.26 Å². The van der Waals surface area contributed by atoms with Crippen LogP contribution < -0.4 is 14.4 Å². The van der Waals surface area contributed by atoms with Gasteiger partial charge in [0.05, 0.1) is 42.5 Å². The molecule has 0 saturated carbocycles. The van der Waals surface area contributed by atoms with Crippen LogP contribution in [-0.2, 0) is 15.0 Å². The van der Waals surface area contributed by atoms with E-state index in [-0.39, 0.29) is 16.7 Å². The normalized spacial score (nSPS) is 16.7. The fourth-order valence-electron chi connectivity index (χ4n) is 4.61. The Morgan fingerprint density at radius 3 is 2.38 bits per heavy atom. The molecule has 1 amide bonds. The Labute approximate surface area is 228 Å². The molecule has 1 unspecified atom stereocenters. The standard InChI is InChI=1S/C32H32N2O5/c1-6-16-39-24-9-7-8-21(17-24)28-27(29(35)25-18-22(32(2,3)4)12-15-26(25)38-5)30(36)31(37)34(28)23-13-10-20(19-33)11-14-23/h7-15,17-18,28,35H,6,16H2,1-5H3/b29-27+. The van der Waals surface area contributed by atoms with Crippen molar-refractivity contribution in [3.8, 4) is 17.6 Å². The summed E-state index contributed by atoms with van der Waals surface area (Å²) < 4.78 is 11.4. The van der Waals surface area contributed by atoms with Gasteiger partial charge < -0.3 is 14.6 Å². The molecule has 0 aliphatic carbocycles. The molecule has 1 aliphatic heterocycles. The molecule has 0 bridgehead atoms. The SMILES string of the molecule is CCCOc1cccc(C2/C(=C(\O)c3cc(C(C)(C)C)ccc3OC)C(=O)C(=O)N2c2ccc(C#N)cc2)c1. The van der Waals surface area contributed by atoms with Gasteiger partial charge in [0.1, 0.15) is 17.3 Å². The number of anilines is 1. The highest BCUT2D eigenvalue weighted by Gasteiger charge is 2.47. The van der Waals surface area contributed by atoms with Gasteiger partial charge in [-0.3, -0.25) is 14.5 Å². The zero-order chi connectivity index (χ0) is 28.3. The molecule has 1 fully saturated rings. The number of methoxy groups -OCH3 is 1. The Kier molecular flexibility index (Phi) is 7.78. The van der Waals surface area contributed by atoms with Gasteiger partial charge in [0, 0.05) is 5.69 Å². The zero-order valence-electron chi connectivity index (χ0n) is 22.8. The molecule has 1 aliphatic rings. The van der Waals surface area contributed by atoms with Crippen molar-refractivity contribution in [1.82, 2.24) is 0 Å². The Morgan fingerprint density at radius 1 is 1.05 bits per heavy atom. The number of amides is 1. The third-order valence-corrected chi connectivity index (χ3v) is 6.69. The minimum absolute atomic E-state index is 0.0543. The fourth-order valence-corrected chi connectivity index (χ4v) is 4.61. The molecule has 1 heterocycles. The number of hydrogen-bond donors (Lipinski definition) is 1. The van der Waals surface area contributed by atoms with Crippen molar-refractivity contribution in [3.05, 3.63) is 94.6 Å². The molecule has 200 valence electrons. The summed E-state index contributed by atoms with van der Waals surface area (Å²) in [7, 11) is 1.49. The molecule has 1 saturated heterocycles. The van der Waals surface area contributed by atoms with Crippen LogP contribution in [0, 0.1) is 11.3 Å². The molecule has 3 aromatic rings. The molecule has 0 radical (unpaired) electrons. The predicted octanol–water partition coefficient (Wildman–Crippen LogP) is 6.28. The summed E-state index contributed by atoms with van der Waals surface area (Å²) in [5.41, 5.74) is 2.41. The van der Waals surface area contributed by atoms with Gasteiger partial charge >= 0.3 is 0 Å². The van der Waals surface area contributed by atoms with Gasteiger partial charge in [-0.15, -0.1) is 0 Å². The van der Waals surface area contributed by atoms with E-state index in [1.165, 1.54) is 12.0 Å². The van der Waals surface area contributed by atoms with Gasteiger partial charge in [-0.25, -0.2) is 0 Å². The monoisotopic (exact) mass is 524 g/mol. The average molecular weight is 525 g/mol. The molecule has 0 aromatic heterocycles. The summed E-state index contributed by atoms with van der Waals surface area (Å²) >= 11 is 0. The smallest absolute Gasteiger partial charge is 0.300 e. The van der Waals surface area contributed by atoms with Crippen LogP contribution in [0.4, 0.5) is 5.69 Å². The van der Waals surface area contributed by atoms with Crippen LogP contribution in [0.2, 0.25) is 0 Å². The Hall–Kier alpha value is -4.57. The molecule has 1 N–H and O–H groups in total. The summed E-state index contributed by atoms with van der Waals surface area (Å²) in [5.74, 6) is -0.949. The molecule has 7 heteroatoms. The third kappa shape index (κ3) is 5.37. The first-order valence-electron chi connectivity index (χ1n) is 12.8. The first-order valence-corrected chi connectivity index (χ1v) is 12.8. The Morgan fingerprint density at radius 2 is 1.77 bits per heavy atom. The van der Waals surface area contributed by atoms with Crippen molar-refractivity contribution >= 4 is 23.1 Å². The number of ketones is 1. The summed E-state index contributed by atoms with van der Waals surface area (Å²) in [5, 5.41) is 21.0. The molecule has 7 nitrogen and oxygen atoms in total. The number of rotatable bonds is 7. The lowest BCUT2D eigenvalue weighted by Gasteiger charge is -2.26. The minimum atomic E-state index is -0.939. The second-order valence-electron chi connectivity index (χ2n) is 10.4. The average Bonchev–Trinajstić information content (AvgIpc) is 3.20. The van der Waals surface area contributed by atoms with E-state index in [9.17, 15) is 20.0 Å². The highest BCUT2D eigenvalue weighted by molar-refractivity contribution is 6.51. The second kappa shape index (κ2) is 11.0. The van der Waals surface area contributed by atoms with Crippen LogP contribution in [-0.4, -0.2) is 30.5 Å². The lowest BCUT2D eigenvalue weighted by Crippen LogP contribution is -2.29. The maximum absolute atomic E-state index is 13.6. The van der Waals surface area contributed by atoms with Crippen LogP contribution in [0.15, 0.2) is 72.3 Å². The van der Waals surface area contributed by atoms with Crippen molar-refractivity contribution in [1.29, 1.82) is 5.26 Å². The van der Waals surface area contributed by atoms with Crippen LogP contribution in [0.5, 0.6) is 11.5 Å². The molecule has 3 aromatic carbocycles.